The lowest BCUT2D eigenvalue weighted by molar-refractivity contribution is -0.0186. The molecule has 0 aromatic carbocycles. The summed E-state index contributed by atoms with van der Waals surface area (Å²) in [7, 11) is 0. The molecule has 110 valence electrons. The number of nitrogens with zero attached hydrogens (tertiary/aromatic N) is 1. The molecule has 0 radical (unpaired) electrons. The number of carbonyl (C=O) groups is 1. The van der Waals surface area contributed by atoms with Crippen molar-refractivity contribution in [1.29, 1.82) is 0 Å². The third kappa shape index (κ3) is 3.93. The molecule has 0 bridgehead atoms. The maximum absolute atomic E-state index is 12.3. The van der Waals surface area contributed by atoms with Gasteiger partial charge in [-0.15, -0.1) is 0 Å². The molecule has 2 rings (SSSR count). The van der Waals surface area contributed by atoms with E-state index in [9.17, 15) is 4.79 Å². The van der Waals surface area contributed by atoms with E-state index >= 15 is 0 Å². The van der Waals surface area contributed by atoms with Crippen LogP contribution in [0.25, 0.3) is 0 Å². The van der Waals surface area contributed by atoms with E-state index in [1.54, 1.807) is 12.3 Å². The fourth-order valence-corrected chi connectivity index (χ4v) is 2.71. The number of amides is 1. The van der Waals surface area contributed by atoms with Gasteiger partial charge in [-0.1, -0.05) is 25.4 Å². The first-order valence-electron chi connectivity index (χ1n) is 7.10. The molecule has 1 aliphatic rings. The number of nitrogens with one attached hydrogen (secondary N) is 1. The third-order valence-electron chi connectivity index (χ3n) is 3.48. The molecular weight excluding hydrogens is 276 g/mol. The van der Waals surface area contributed by atoms with Crippen LogP contribution >= 0.6 is 11.6 Å². The third-order valence-corrected chi connectivity index (χ3v) is 3.78. The quantitative estimate of drug-likeness (QED) is 0.929. The number of pyridine rings is 1. The second-order valence-corrected chi connectivity index (χ2v) is 6.02. The van der Waals surface area contributed by atoms with Crippen molar-refractivity contribution in [3.05, 3.63) is 29.0 Å². The fourth-order valence-electron chi connectivity index (χ4n) is 2.51. The van der Waals surface area contributed by atoms with Crippen LogP contribution in [-0.2, 0) is 4.74 Å². The molecule has 2 atom stereocenters. The monoisotopic (exact) mass is 296 g/mol. The minimum absolute atomic E-state index is 0.0582. The van der Waals surface area contributed by atoms with Crippen LogP contribution in [0.3, 0.4) is 0 Å². The SMILES string of the molecule is CC(C)C[C@H]1OCCC[C@@H]1NC(=O)c1ccncc1Cl. The van der Waals surface area contributed by atoms with Gasteiger partial charge in [0.05, 0.1) is 22.7 Å². The Morgan fingerprint density at radius 1 is 1.60 bits per heavy atom. The molecule has 1 saturated heterocycles. The molecule has 0 spiro atoms. The fraction of sp³-hybridized carbons (Fsp3) is 0.600. The Bertz CT molecular complexity index is 465. The van der Waals surface area contributed by atoms with Crippen molar-refractivity contribution in [1.82, 2.24) is 10.3 Å². The molecular formula is C15H21ClN2O2. The van der Waals surface area contributed by atoms with Gasteiger partial charge in [-0.3, -0.25) is 9.78 Å². The van der Waals surface area contributed by atoms with Crippen molar-refractivity contribution in [2.45, 2.75) is 45.3 Å². The van der Waals surface area contributed by atoms with Gasteiger partial charge in [0.25, 0.3) is 5.91 Å². The first-order chi connectivity index (χ1) is 9.58. The topological polar surface area (TPSA) is 51.2 Å². The average Bonchev–Trinajstić information content (AvgIpc) is 2.41. The molecule has 1 aliphatic heterocycles. The lowest BCUT2D eigenvalue weighted by atomic mass is 9.94. The average molecular weight is 297 g/mol. The van der Waals surface area contributed by atoms with Gasteiger partial charge in [-0.2, -0.15) is 0 Å². The van der Waals surface area contributed by atoms with Gasteiger partial charge in [-0.05, 0) is 31.2 Å². The Morgan fingerprint density at radius 3 is 3.10 bits per heavy atom. The number of halogens is 1. The summed E-state index contributed by atoms with van der Waals surface area (Å²) in [6, 6.07) is 1.70. The van der Waals surface area contributed by atoms with E-state index in [2.05, 4.69) is 24.1 Å². The Balaban J connectivity index is 2.03. The molecule has 1 fully saturated rings. The van der Waals surface area contributed by atoms with Gasteiger partial charge >= 0.3 is 0 Å². The van der Waals surface area contributed by atoms with E-state index in [0.29, 0.717) is 16.5 Å². The zero-order valence-corrected chi connectivity index (χ0v) is 12.7. The predicted octanol–water partition coefficient (Wildman–Crippen LogP) is 3.06. The van der Waals surface area contributed by atoms with E-state index in [1.165, 1.54) is 6.20 Å². The van der Waals surface area contributed by atoms with Crippen LogP contribution in [0.2, 0.25) is 5.02 Å². The minimum Gasteiger partial charge on any atom is -0.376 e. The highest BCUT2D eigenvalue weighted by molar-refractivity contribution is 6.33. The van der Waals surface area contributed by atoms with Crippen molar-refractivity contribution in [2.75, 3.05) is 6.61 Å². The largest absolute Gasteiger partial charge is 0.376 e. The summed E-state index contributed by atoms with van der Waals surface area (Å²) >= 11 is 6.00. The summed E-state index contributed by atoms with van der Waals surface area (Å²) in [6.07, 6.45) is 6.03. The van der Waals surface area contributed by atoms with Crippen LogP contribution in [-0.4, -0.2) is 29.6 Å². The zero-order valence-electron chi connectivity index (χ0n) is 11.9. The van der Waals surface area contributed by atoms with Crippen LogP contribution in [0, 0.1) is 5.92 Å². The Labute approximate surface area is 124 Å². The highest BCUT2D eigenvalue weighted by atomic mass is 35.5. The number of ether oxygens (including phenoxy) is 1. The maximum atomic E-state index is 12.3. The number of carbonyl (C=O) groups excluding carboxylic acids is 1. The summed E-state index contributed by atoms with van der Waals surface area (Å²) in [5, 5.41) is 3.43. The second-order valence-electron chi connectivity index (χ2n) is 5.62. The number of hydrogen-bond acceptors (Lipinski definition) is 3. The molecule has 0 unspecified atom stereocenters. The molecule has 0 saturated carbocycles. The molecule has 5 heteroatoms. The summed E-state index contributed by atoms with van der Waals surface area (Å²) in [6.45, 7) is 5.10. The van der Waals surface area contributed by atoms with Gasteiger partial charge in [0, 0.05) is 19.0 Å². The molecule has 2 heterocycles. The van der Waals surface area contributed by atoms with Crippen LogP contribution in [0.1, 0.15) is 43.5 Å². The zero-order chi connectivity index (χ0) is 14.5. The van der Waals surface area contributed by atoms with Gasteiger partial charge in [0.15, 0.2) is 0 Å². The van der Waals surface area contributed by atoms with Gasteiger partial charge in [-0.25, -0.2) is 0 Å². The lowest BCUT2D eigenvalue weighted by Gasteiger charge is -2.33. The van der Waals surface area contributed by atoms with Crippen LogP contribution in [0.5, 0.6) is 0 Å². The first kappa shape index (κ1) is 15.3. The van der Waals surface area contributed by atoms with E-state index in [1.807, 2.05) is 0 Å². The van der Waals surface area contributed by atoms with Gasteiger partial charge in [0.2, 0.25) is 0 Å². The lowest BCUT2D eigenvalue weighted by Crippen LogP contribution is -2.47. The molecule has 1 aromatic rings. The van der Waals surface area contributed by atoms with Gasteiger partial charge < -0.3 is 10.1 Å². The normalized spacial score (nSPS) is 22.8. The maximum Gasteiger partial charge on any atom is 0.253 e. The smallest absolute Gasteiger partial charge is 0.253 e. The van der Waals surface area contributed by atoms with E-state index < -0.39 is 0 Å². The van der Waals surface area contributed by atoms with E-state index in [0.717, 1.165) is 25.9 Å². The Hall–Kier alpha value is -1.13. The molecule has 1 aromatic heterocycles. The van der Waals surface area contributed by atoms with Gasteiger partial charge in [0.1, 0.15) is 0 Å². The molecule has 1 amide bonds. The summed E-state index contributed by atoms with van der Waals surface area (Å²) in [5.74, 6) is 0.392. The summed E-state index contributed by atoms with van der Waals surface area (Å²) in [4.78, 5) is 16.2. The highest BCUT2D eigenvalue weighted by Crippen LogP contribution is 2.21. The van der Waals surface area contributed by atoms with Crippen molar-refractivity contribution < 1.29 is 9.53 Å². The standard InChI is InChI=1S/C15H21ClN2O2/c1-10(2)8-14-13(4-3-7-20-14)18-15(19)11-5-6-17-9-12(11)16/h5-6,9-10,13-14H,3-4,7-8H2,1-2H3,(H,18,19)/t13-,14+/m0/s1. The van der Waals surface area contributed by atoms with Crippen LogP contribution in [0.4, 0.5) is 0 Å². The van der Waals surface area contributed by atoms with Crippen molar-refractivity contribution >= 4 is 17.5 Å². The number of rotatable bonds is 4. The summed E-state index contributed by atoms with van der Waals surface area (Å²) < 4.78 is 5.81. The Morgan fingerprint density at radius 2 is 2.40 bits per heavy atom. The Kier molecular flexibility index (Phi) is 5.38. The van der Waals surface area contributed by atoms with Crippen LogP contribution < -0.4 is 5.32 Å². The van der Waals surface area contributed by atoms with E-state index in [4.69, 9.17) is 16.3 Å². The van der Waals surface area contributed by atoms with E-state index in [-0.39, 0.29) is 18.1 Å². The van der Waals surface area contributed by atoms with Crippen molar-refractivity contribution in [3.8, 4) is 0 Å². The minimum atomic E-state index is -0.151. The van der Waals surface area contributed by atoms with Crippen molar-refractivity contribution in [3.63, 3.8) is 0 Å². The van der Waals surface area contributed by atoms with Crippen LogP contribution in [0.15, 0.2) is 18.5 Å². The molecule has 20 heavy (non-hydrogen) atoms. The van der Waals surface area contributed by atoms with Crippen molar-refractivity contribution in [2.24, 2.45) is 5.92 Å². The molecule has 0 aliphatic carbocycles. The predicted molar refractivity (Wildman–Crippen MR) is 78.9 cm³/mol. The molecule has 4 nitrogen and oxygen atoms in total. The first-order valence-corrected chi connectivity index (χ1v) is 7.47. The number of aromatic nitrogens is 1. The molecule has 1 N–H and O–H groups in total. The summed E-state index contributed by atoms with van der Waals surface area (Å²) in [5.41, 5.74) is 0.468. The second kappa shape index (κ2) is 7.04. The highest BCUT2D eigenvalue weighted by Gasteiger charge is 2.28. The number of hydrogen-bond donors (Lipinski definition) is 1.